The van der Waals surface area contributed by atoms with Crippen molar-refractivity contribution in [2.45, 2.75) is 13.8 Å². The molecule has 0 bridgehead atoms. The van der Waals surface area contributed by atoms with Gasteiger partial charge >= 0.3 is 11.8 Å². The lowest BCUT2D eigenvalue weighted by atomic mass is 10.2. The Balaban J connectivity index is 2.58. The van der Waals surface area contributed by atoms with E-state index in [1.807, 2.05) is 13.8 Å². The van der Waals surface area contributed by atoms with Gasteiger partial charge in [-0.05, 0) is 24.1 Å². The van der Waals surface area contributed by atoms with Crippen LogP contribution in [0.3, 0.4) is 0 Å². The highest BCUT2D eigenvalue weighted by Crippen LogP contribution is 2.22. The molecule has 98 valence electrons. The van der Waals surface area contributed by atoms with E-state index in [1.54, 1.807) is 12.1 Å². The number of carbonyl (C=O) groups is 2. The van der Waals surface area contributed by atoms with Crippen molar-refractivity contribution in [3.8, 4) is 0 Å². The van der Waals surface area contributed by atoms with Gasteiger partial charge in [0.15, 0.2) is 0 Å². The van der Waals surface area contributed by atoms with Crippen LogP contribution in [-0.2, 0) is 9.59 Å². The zero-order valence-electron chi connectivity index (χ0n) is 10.3. The number of amides is 2. The van der Waals surface area contributed by atoms with Gasteiger partial charge in [-0.3, -0.25) is 9.59 Å². The Kier molecular flexibility index (Phi) is 4.97. The first-order chi connectivity index (χ1) is 8.40. The zero-order valence-corrected chi connectivity index (χ0v) is 11.0. The molecule has 4 N–H and O–H groups in total. The number of hydrogen-bond acceptors (Lipinski definition) is 3. The fraction of sp³-hybridized carbons (Fsp3) is 0.333. The quantitative estimate of drug-likeness (QED) is 0.576. The van der Waals surface area contributed by atoms with E-state index in [0.29, 0.717) is 22.9 Å². The predicted octanol–water partition coefficient (Wildman–Crippen LogP) is 1.63. The molecule has 0 radical (unpaired) electrons. The minimum Gasteiger partial charge on any atom is -0.398 e. The van der Waals surface area contributed by atoms with Crippen molar-refractivity contribution in [3.63, 3.8) is 0 Å². The smallest absolute Gasteiger partial charge is 0.313 e. The number of halogens is 1. The minimum atomic E-state index is -0.725. The Morgan fingerprint density at radius 2 is 2.00 bits per heavy atom. The SMILES string of the molecule is CC(C)CNC(=O)C(=O)Nc1ccc(N)c(Cl)c1. The molecule has 0 saturated heterocycles. The van der Waals surface area contributed by atoms with Gasteiger partial charge in [-0.1, -0.05) is 25.4 Å². The van der Waals surface area contributed by atoms with Gasteiger partial charge in [0.25, 0.3) is 0 Å². The van der Waals surface area contributed by atoms with Gasteiger partial charge in [0, 0.05) is 12.2 Å². The fourth-order valence-electron chi connectivity index (χ4n) is 1.17. The molecule has 0 aliphatic heterocycles. The number of nitrogens with two attached hydrogens (primary N) is 1. The predicted molar refractivity (Wildman–Crippen MR) is 72.3 cm³/mol. The molecule has 18 heavy (non-hydrogen) atoms. The van der Waals surface area contributed by atoms with Crippen molar-refractivity contribution in [1.82, 2.24) is 5.32 Å². The lowest BCUT2D eigenvalue weighted by Gasteiger charge is -2.08. The number of anilines is 2. The maximum atomic E-state index is 11.5. The maximum Gasteiger partial charge on any atom is 0.313 e. The molecule has 1 rings (SSSR count). The van der Waals surface area contributed by atoms with Crippen molar-refractivity contribution < 1.29 is 9.59 Å². The summed E-state index contributed by atoms with van der Waals surface area (Å²) in [6, 6.07) is 4.63. The molecular formula is C12H16ClN3O2. The van der Waals surface area contributed by atoms with Crippen LogP contribution in [0.15, 0.2) is 18.2 Å². The lowest BCUT2D eigenvalue weighted by Crippen LogP contribution is -2.37. The highest BCUT2D eigenvalue weighted by atomic mass is 35.5. The third-order valence-corrected chi connectivity index (χ3v) is 2.46. The summed E-state index contributed by atoms with van der Waals surface area (Å²) in [5, 5.41) is 5.29. The van der Waals surface area contributed by atoms with Crippen LogP contribution < -0.4 is 16.4 Å². The Labute approximate surface area is 111 Å². The maximum absolute atomic E-state index is 11.5. The number of benzene rings is 1. The van der Waals surface area contributed by atoms with E-state index in [4.69, 9.17) is 17.3 Å². The van der Waals surface area contributed by atoms with Crippen LogP contribution in [0.25, 0.3) is 0 Å². The molecule has 0 aliphatic carbocycles. The molecule has 0 atom stereocenters. The molecule has 0 saturated carbocycles. The van der Waals surface area contributed by atoms with Crippen LogP contribution in [0.5, 0.6) is 0 Å². The first-order valence-corrected chi connectivity index (χ1v) is 5.92. The number of nitrogens with one attached hydrogen (secondary N) is 2. The average molecular weight is 270 g/mol. The standard InChI is InChI=1S/C12H16ClN3O2/c1-7(2)6-15-11(17)12(18)16-8-3-4-10(14)9(13)5-8/h3-5,7H,6,14H2,1-2H3,(H,15,17)(H,16,18). The second kappa shape index (κ2) is 6.26. The van der Waals surface area contributed by atoms with Crippen molar-refractivity contribution in [2.75, 3.05) is 17.6 Å². The first kappa shape index (κ1) is 14.3. The molecule has 1 aromatic rings. The van der Waals surface area contributed by atoms with Crippen LogP contribution in [0.2, 0.25) is 5.02 Å². The number of carbonyl (C=O) groups excluding carboxylic acids is 2. The summed E-state index contributed by atoms with van der Waals surface area (Å²) in [5.74, 6) is -1.11. The van der Waals surface area contributed by atoms with Gasteiger partial charge < -0.3 is 16.4 Å². The van der Waals surface area contributed by atoms with Gasteiger partial charge in [0.2, 0.25) is 0 Å². The third kappa shape index (κ3) is 4.25. The molecule has 0 spiro atoms. The topological polar surface area (TPSA) is 84.2 Å². The second-order valence-electron chi connectivity index (χ2n) is 4.29. The Morgan fingerprint density at radius 1 is 1.33 bits per heavy atom. The molecule has 0 heterocycles. The summed E-state index contributed by atoms with van der Waals surface area (Å²) in [7, 11) is 0. The zero-order chi connectivity index (χ0) is 13.7. The average Bonchev–Trinajstić information content (AvgIpc) is 2.30. The van der Waals surface area contributed by atoms with Crippen LogP contribution in [0.1, 0.15) is 13.8 Å². The molecule has 5 nitrogen and oxygen atoms in total. The monoisotopic (exact) mass is 269 g/mol. The van der Waals surface area contributed by atoms with Crippen LogP contribution in [0, 0.1) is 5.92 Å². The summed E-state index contributed by atoms with van der Waals surface area (Å²) < 4.78 is 0. The highest BCUT2D eigenvalue weighted by Gasteiger charge is 2.13. The number of nitrogen functional groups attached to an aromatic ring is 1. The second-order valence-corrected chi connectivity index (χ2v) is 4.70. The van der Waals surface area contributed by atoms with E-state index in [9.17, 15) is 9.59 Å². The van der Waals surface area contributed by atoms with E-state index < -0.39 is 11.8 Å². The van der Waals surface area contributed by atoms with Gasteiger partial charge in [0.05, 0.1) is 10.7 Å². The lowest BCUT2D eigenvalue weighted by molar-refractivity contribution is -0.136. The van der Waals surface area contributed by atoms with E-state index in [0.717, 1.165) is 0 Å². The Morgan fingerprint density at radius 3 is 2.56 bits per heavy atom. The minimum absolute atomic E-state index is 0.285. The fourth-order valence-corrected chi connectivity index (χ4v) is 1.35. The molecule has 0 aromatic heterocycles. The van der Waals surface area contributed by atoms with Crippen molar-refractivity contribution >= 4 is 34.8 Å². The largest absolute Gasteiger partial charge is 0.398 e. The van der Waals surface area contributed by atoms with Gasteiger partial charge in [-0.15, -0.1) is 0 Å². The van der Waals surface area contributed by atoms with E-state index >= 15 is 0 Å². The van der Waals surface area contributed by atoms with Gasteiger partial charge in [0.1, 0.15) is 0 Å². The molecule has 0 unspecified atom stereocenters. The first-order valence-electron chi connectivity index (χ1n) is 5.54. The summed E-state index contributed by atoms with van der Waals surface area (Å²) in [4.78, 5) is 22.9. The van der Waals surface area contributed by atoms with Crippen molar-refractivity contribution in [3.05, 3.63) is 23.2 Å². The Hall–Kier alpha value is -1.75. The molecular weight excluding hydrogens is 254 g/mol. The summed E-state index contributed by atoms with van der Waals surface area (Å²) in [6.45, 7) is 4.34. The molecule has 1 aromatic carbocycles. The van der Waals surface area contributed by atoms with Gasteiger partial charge in [-0.25, -0.2) is 0 Å². The van der Waals surface area contributed by atoms with Gasteiger partial charge in [-0.2, -0.15) is 0 Å². The van der Waals surface area contributed by atoms with E-state index in [2.05, 4.69) is 10.6 Å². The van der Waals surface area contributed by atoms with E-state index in [-0.39, 0.29) is 5.92 Å². The molecule has 0 fully saturated rings. The summed E-state index contributed by atoms with van der Waals surface area (Å²) in [6.07, 6.45) is 0. The normalized spacial score (nSPS) is 10.2. The number of rotatable bonds is 3. The molecule has 6 heteroatoms. The molecule has 2 amide bonds. The van der Waals surface area contributed by atoms with Crippen molar-refractivity contribution in [2.24, 2.45) is 5.92 Å². The van der Waals surface area contributed by atoms with Crippen LogP contribution in [0.4, 0.5) is 11.4 Å². The van der Waals surface area contributed by atoms with E-state index in [1.165, 1.54) is 6.07 Å². The highest BCUT2D eigenvalue weighted by molar-refractivity contribution is 6.40. The number of hydrogen-bond donors (Lipinski definition) is 3. The van der Waals surface area contributed by atoms with Crippen LogP contribution in [-0.4, -0.2) is 18.4 Å². The Bertz CT molecular complexity index is 461. The van der Waals surface area contributed by atoms with Crippen LogP contribution >= 0.6 is 11.6 Å². The third-order valence-electron chi connectivity index (χ3n) is 2.14. The molecule has 0 aliphatic rings. The summed E-state index contributed by atoms with van der Waals surface area (Å²) >= 11 is 5.80. The summed E-state index contributed by atoms with van der Waals surface area (Å²) in [5.41, 5.74) is 6.38. The van der Waals surface area contributed by atoms with Crippen molar-refractivity contribution in [1.29, 1.82) is 0 Å².